The highest BCUT2D eigenvalue weighted by atomic mass is 32.2. The third-order valence-electron chi connectivity index (χ3n) is 3.65. The van der Waals surface area contributed by atoms with E-state index in [-0.39, 0.29) is 10.9 Å². The van der Waals surface area contributed by atoms with Gasteiger partial charge < -0.3 is 10.2 Å². The topological polar surface area (TPSA) is 75.4 Å². The predicted molar refractivity (Wildman–Crippen MR) is 81.1 cm³/mol. The summed E-state index contributed by atoms with van der Waals surface area (Å²) in [6, 6.07) is 3.76. The van der Waals surface area contributed by atoms with Crippen LogP contribution in [0.15, 0.2) is 23.1 Å². The Morgan fingerprint density at radius 1 is 1.33 bits per heavy atom. The van der Waals surface area contributed by atoms with Crippen molar-refractivity contribution in [1.29, 1.82) is 0 Å². The van der Waals surface area contributed by atoms with Crippen LogP contribution in [0.4, 0.5) is 10.1 Å². The lowest BCUT2D eigenvalue weighted by molar-refractivity contribution is 0.223. The first-order valence-electron chi connectivity index (χ1n) is 7.17. The molecule has 0 radical (unpaired) electrons. The number of nitrogens with one attached hydrogen (secondary N) is 1. The Morgan fingerprint density at radius 3 is 2.57 bits per heavy atom. The maximum Gasteiger partial charge on any atom is 0.238 e. The Hall–Kier alpha value is -1.18. The van der Waals surface area contributed by atoms with Gasteiger partial charge in [0.2, 0.25) is 10.0 Å². The molecule has 7 heteroatoms. The van der Waals surface area contributed by atoms with E-state index in [1.54, 1.807) is 0 Å². The number of benzene rings is 1. The fourth-order valence-electron chi connectivity index (χ4n) is 2.63. The molecule has 2 rings (SSSR count). The van der Waals surface area contributed by atoms with Crippen LogP contribution in [-0.4, -0.2) is 39.0 Å². The lowest BCUT2D eigenvalue weighted by Crippen LogP contribution is -2.38. The Labute approximate surface area is 125 Å². The van der Waals surface area contributed by atoms with Crippen molar-refractivity contribution in [1.82, 2.24) is 4.90 Å². The third-order valence-corrected chi connectivity index (χ3v) is 4.56. The molecule has 1 aromatic carbocycles. The Bertz CT molecular complexity index is 586. The van der Waals surface area contributed by atoms with Crippen LogP contribution in [0.1, 0.15) is 26.2 Å². The molecule has 1 heterocycles. The largest absolute Gasteiger partial charge is 0.379 e. The molecule has 0 aliphatic carbocycles. The highest BCUT2D eigenvalue weighted by molar-refractivity contribution is 7.89. The number of piperidine rings is 1. The molecule has 0 saturated carbocycles. The van der Waals surface area contributed by atoms with Crippen molar-refractivity contribution < 1.29 is 12.8 Å². The molecule has 118 valence electrons. The van der Waals surface area contributed by atoms with Gasteiger partial charge in [-0.25, -0.2) is 17.9 Å². The van der Waals surface area contributed by atoms with Crippen LogP contribution in [0, 0.1) is 5.82 Å². The summed E-state index contributed by atoms with van der Waals surface area (Å²) < 4.78 is 36.3. The molecule has 1 unspecified atom stereocenters. The van der Waals surface area contributed by atoms with Gasteiger partial charge in [-0.1, -0.05) is 6.42 Å². The Morgan fingerprint density at radius 2 is 2.00 bits per heavy atom. The minimum atomic E-state index is -3.87. The summed E-state index contributed by atoms with van der Waals surface area (Å²) in [6.07, 6.45) is 3.70. The van der Waals surface area contributed by atoms with E-state index in [1.165, 1.54) is 31.4 Å². The zero-order chi connectivity index (χ0) is 15.5. The summed E-state index contributed by atoms with van der Waals surface area (Å²) >= 11 is 0. The van der Waals surface area contributed by atoms with Gasteiger partial charge in [-0.15, -0.1) is 0 Å². The Kier molecular flexibility index (Phi) is 5.18. The second kappa shape index (κ2) is 6.72. The summed E-state index contributed by atoms with van der Waals surface area (Å²) in [6.45, 7) is 5.00. The van der Waals surface area contributed by atoms with Crippen molar-refractivity contribution in [2.45, 2.75) is 37.1 Å². The number of anilines is 1. The van der Waals surface area contributed by atoms with E-state index < -0.39 is 15.8 Å². The lowest BCUT2D eigenvalue weighted by Gasteiger charge is -2.29. The van der Waals surface area contributed by atoms with E-state index in [4.69, 9.17) is 5.14 Å². The molecule has 1 aliphatic heterocycles. The molecule has 0 spiro atoms. The van der Waals surface area contributed by atoms with Gasteiger partial charge in [0, 0.05) is 12.6 Å². The number of halogens is 1. The van der Waals surface area contributed by atoms with Crippen molar-refractivity contribution in [2.24, 2.45) is 5.14 Å². The normalized spacial score (nSPS) is 18.4. The summed E-state index contributed by atoms with van der Waals surface area (Å²) in [4.78, 5) is 2.15. The van der Waals surface area contributed by atoms with Crippen LogP contribution in [0.2, 0.25) is 0 Å². The highest BCUT2D eigenvalue weighted by Crippen LogP contribution is 2.19. The van der Waals surface area contributed by atoms with E-state index >= 15 is 0 Å². The van der Waals surface area contributed by atoms with Crippen LogP contribution in [0.25, 0.3) is 0 Å². The first-order valence-corrected chi connectivity index (χ1v) is 8.72. The van der Waals surface area contributed by atoms with Crippen molar-refractivity contribution in [3.05, 3.63) is 24.0 Å². The quantitative estimate of drug-likeness (QED) is 0.868. The van der Waals surface area contributed by atoms with Gasteiger partial charge in [-0.2, -0.15) is 0 Å². The zero-order valence-electron chi connectivity index (χ0n) is 12.2. The number of rotatable bonds is 5. The maximum absolute atomic E-state index is 13.9. The molecule has 0 aromatic heterocycles. The number of sulfonamides is 1. The van der Waals surface area contributed by atoms with Crippen molar-refractivity contribution in [3.63, 3.8) is 0 Å². The minimum absolute atomic E-state index is 0.0814. The molecule has 5 nitrogen and oxygen atoms in total. The van der Waals surface area contributed by atoms with Crippen LogP contribution >= 0.6 is 0 Å². The molecular weight excluding hydrogens is 293 g/mol. The molecule has 3 N–H and O–H groups in total. The van der Waals surface area contributed by atoms with E-state index in [9.17, 15) is 12.8 Å². The molecule has 21 heavy (non-hydrogen) atoms. The number of hydrogen-bond donors (Lipinski definition) is 2. The first kappa shape index (κ1) is 16.2. The Balaban J connectivity index is 1.98. The van der Waals surface area contributed by atoms with Gasteiger partial charge in [0.05, 0.1) is 10.6 Å². The van der Waals surface area contributed by atoms with Gasteiger partial charge in [0.15, 0.2) is 0 Å². The van der Waals surface area contributed by atoms with Gasteiger partial charge in [-0.3, -0.25) is 0 Å². The number of primary sulfonamides is 1. The average molecular weight is 315 g/mol. The van der Waals surface area contributed by atoms with Gasteiger partial charge >= 0.3 is 0 Å². The van der Waals surface area contributed by atoms with E-state index in [1.807, 2.05) is 6.92 Å². The molecule has 1 aliphatic rings. The summed E-state index contributed by atoms with van der Waals surface area (Å²) in [5.74, 6) is -0.605. The highest BCUT2D eigenvalue weighted by Gasteiger charge is 2.16. The number of hydrogen-bond acceptors (Lipinski definition) is 4. The van der Waals surface area contributed by atoms with E-state index in [2.05, 4.69) is 10.2 Å². The molecule has 1 saturated heterocycles. The first-order chi connectivity index (χ1) is 9.86. The fraction of sp³-hybridized carbons (Fsp3) is 0.571. The number of nitrogens with zero attached hydrogens (tertiary/aromatic N) is 1. The molecule has 0 bridgehead atoms. The number of likely N-dealkylation sites (tertiary alicyclic amines) is 1. The van der Waals surface area contributed by atoms with Crippen LogP contribution in [-0.2, 0) is 10.0 Å². The number of nitrogens with two attached hydrogens (primary N) is 1. The van der Waals surface area contributed by atoms with Crippen LogP contribution in [0.5, 0.6) is 0 Å². The van der Waals surface area contributed by atoms with Crippen LogP contribution in [0.3, 0.4) is 0 Å². The minimum Gasteiger partial charge on any atom is -0.379 e. The average Bonchev–Trinajstić information content (AvgIpc) is 2.41. The monoisotopic (exact) mass is 315 g/mol. The van der Waals surface area contributed by atoms with Crippen molar-refractivity contribution in [3.8, 4) is 0 Å². The van der Waals surface area contributed by atoms with E-state index in [0.717, 1.165) is 25.7 Å². The second-order valence-corrected chi connectivity index (χ2v) is 7.15. The molecule has 0 amide bonds. The third kappa shape index (κ3) is 4.66. The van der Waals surface area contributed by atoms with Crippen LogP contribution < -0.4 is 10.5 Å². The second-order valence-electron chi connectivity index (χ2n) is 5.59. The molecule has 1 atom stereocenters. The summed E-state index contributed by atoms with van der Waals surface area (Å²) in [5, 5.41) is 8.06. The SMILES string of the molecule is CC(CN1CCCCC1)Nc1ccc(S(N)(=O)=O)cc1F. The van der Waals surface area contributed by atoms with Gasteiger partial charge in [-0.05, 0) is 51.1 Å². The standard InChI is InChI=1S/C14H22FN3O2S/c1-11(10-18-7-3-2-4-8-18)17-14-6-5-12(9-13(14)15)21(16,19)20/h5-6,9,11,17H,2-4,7-8,10H2,1H3,(H2,16,19,20). The van der Waals surface area contributed by atoms with Crippen molar-refractivity contribution >= 4 is 15.7 Å². The van der Waals surface area contributed by atoms with Gasteiger partial charge in [0.25, 0.3) is 0 Å². The summed E-state index contributed by atoms with van der Waals surface area (Å²) in [7, 11) is -3.87. The zero-order valence-corrected chi connectivity index (χ0v) is 13.0. The smallest absolute Gasteiger partial charge is 0.238 e. The van der Waals surface area contributed by atoms with Gasteiger partial charge in [0.1, 0.15) is 5.82 Å². The molecular formula is C14H22FN3O2S. The fourth-order valence-corrected chi connectivity index (χ4v) is 3.16. The maximum atomic E-state index is 13.9. The molecule has 1 fully saturated rings. The van der Waals surface area contributed by atoms with Crippen molar-refractivity contribution in [2.75, 3.05) is 25.0 Å². The van der Waals surface area contributed by atoms with E-state index in [0.29, 0.717) is 5.69 Å². The lowest BCUT2D eigenvalue weighted by atomic mass is 10.1. The molecule has 1 aromatic rings. The summed E-state index contributed by atoms with van der Waals surface area (Å²) in [5.41, 5.74) is 0.298. The predicted octanol–water partition coefficient (Wildman–Crippen LogP) is 1.76.